The summed E-state index contributed by atoms with van der Waals surface area (Å²) in [6.07, 6.45) is 5.52. The minimum Gasteiger partial charge on any atom is -0.509 e. The standard InChI is InChI=1S/C54H47N8O.Pt/c1-32-23-34(3)49(35(4)24-32)51-57-52(50-36(5)25-33(2)26-37(50)6)59-53(58-51)61-31-60(45-20-21-55-30-47(45)61)39-13-12-14-40(28-39)63-41-17-18-43-42-15-10-11-16-44(42)62(46(43)29-41)48-27-38(19-22-56-48)54(7,8)9;/h10-27,30-31H,1-9H3;/q-3;. The maximum atomic E-state index is 6.60. The second-order valence-electron chi connectivity index (χ2n) is 17.6. The van der Waals surface area contributed by atoms with E-state index in [0.717, 1.165) is 78.1 Å². The Kier molecular flexibility index (Phi) is 10.9. The number of hydrogen-bond acceptors (Lipinski definition) is 8. The first-order chi connectivity index (χ1) is 30.3. The summed E-state index contributed by atoms with van der Waals surface area (Å²) in [6.45, 7) is 21.3. The van der Waals surface area contributed by atoms with Crippen LogP contribution in [-0.4, -0.2) is 29.5 Å². The second-order valence-corrected chi connectivity index (χ2v) is 17.6. The van der Waals surface area contributed by atoms with Crippen LogP contribution >= 0.6 is 0 Å². The smallest absolute Gasteiger partial charge is 0.205 e. The van der Waals surface area contributed by atoms with Crippen molar-refractivity contribution < 1.29 is 25.8 Å². The molecule has 1 aliphatic rings. The Hall–Kier alpha value is -6.70. The molecule has 0 N–H and O–H groups in total. The molecule has 322 valence electrons. The maximum Gasteiger partial charge on any atom is 0.205 e. The van der Waals surface area contributed by atoms with Crippen LogP contribution in [0.25, 0.3) is 50.4 Å². The molecule has 0 amide bonds. The van der Waals surface area contributed by atoms with E-state index in [1.165, 1.54) is 16.7 Å². The van der Waals surface area contributed by atoms with Gasteiger partial charge in [-0.1, -0.05) is 79.9 Å². The molecule has 0 fully saturated rings. The second kappa shape index (κ2) is 16.5. The average molecular weight is 1020 g/mol. The van der Waals surface area contributed by atoms with Crippen molar-refractivity contribution in [3.63, 3.8) is 0 Å². The largest absolute Gasteiger partial charge is 0.509 e. The molecular formula is C54H47N8OPt-3. The van der Waals surface area contributed by atoms with Crippen LogP contribution in [-0.2, 0) is 26.5 Å². The molecule has 5 heterocycles. The molecule has 5 aromatic carbocycles. The van der Waals surface area contributed by atoms with Gasteiger partial charge in [0.15, 0.2) is 11.6 Å². The predicted molar refractivity (Wildman–Crippen MR) is 253 cm³/mol. The zero-order valence-corrected chi connectivity index (χ0v) is 39.6. The number of aryl methyl sites for hydroxylation is 6. The summed E-state index contributed by atoms with van der Waals surface area (Å²) in [4.78, 5) is 29.0. The predicted octanol–water partition coefficient (Wildman–Crippen LogP) is 13.0. The van der Waals surface area contributed by atoms with E-state index in [0.29, 0.717) is 29.1 Å². The van der Waals surface area contributed by atoms with Crippen LogP contribution in [0.1, 0.15) is 59.7 Å². The molecule has 0 bridgehead atoms. The molecule has 10 rings (SSSR count). The Balaban J connectivity index is 0.00000518. The van der Waals surface area contributed by atoms with Gasteiger partial charge in [-0.25, -0.2) is 9.97 Å². The zero-order valence-electron chi connectivity index (χ0n) is 37.3. The Morgan fingerprint density at radius 2 is 1.27 bits per heavy atom. The van der Waals surface area contributed by atoms with Gasteiger partial charge in [-0.2, -0.15) is 22.1 Å². The number of nitrogens with zero attached hydrogens (tertiary/aromatic N) is 8. The quantitative estimate of drug-likeness (QED) is 0.146. The molecule has 0 saturated carbocycles. The third kappa shape index (κ3) is 7.62. The first kappa shape index (κ1) is 42.6. The normalized spacial score (nSPS) is 12.5. The van der Waals surface area contributed by atoms with E-state index in [9.17, 15) is 0 Å². The Morgan fingerprint density at radius 1 is 0.609 bits per heavy atom. The van der Waals surface area contributed by atoms with Gasteiger partial charge < -0.3 is 19.1 Å². The average Bonchev–Trinajstić information content (AvgIpc) is 3.79. The molecule has 64 heavy (non-hydrogen) atoms. The molecule has 0 atom stereocenters. The van der Waals surface area contributed by atoms with E-state index in [1.807, 2.05) is 54.3 Å². The van der Waals surface area contributed by atoms with Crippen molar-refractivity contribution in [2.24, 2.45) is 0 Å². The van der Waals surface area contributed by atoms with Crippen LogP contribution in [0.5, 0.6) is 11.5 Å². The summed E-state index contributed by atoms with van der Waals surface area (Å²) >= 11 is 0. The van der Waals surface area contributed by atoms with Gasteiger partial charge in [0.1, 0.15) is 5.82 Å². The van der Waals surface area contributed by atoms with Gasteiger partial charge in [0, 0.05) is 67.3 Å². The fraction of sp³-hybridized carbons (Fsp3) is 0.185. The van der Waals surface area contributed by atoms with Crippen molar-refractivity contribution in [2.75, 3.05) is 9.80 Å². The first-order valence-corrected chi connectivity index (χ1v) is 21.2. The topological polar surface area (TPSA) is 85.1 Å². The molecular weight excluding hydrogens is 972 g/mol. The molecule has 0 aliphatic carbocycles. The number of anilines is 4. The molecule has 9 aromatic rings. The summed E-state index contributed by atoms with van der Waals surface area (Å²) in [5.74, 6) is 3.67. The SMILES string of the molecule is Cc1cc(C)c(-c2nc(-c3c(C)cc(C)cc3C)nc(N3[CH-]N(c4[c-]c(Oc5[c-]c6c(cc5)c5ccccc5n6-c5cc(C(C)(C)C)ccn5)ccc4)c4ccncc43)n2)c(C)c1.[Pt]. The van der Waals surface area contributed by atoms with Gasteiger partial charge in [-0.05, 0) is 104 Å². The molecule has 0 radical (unpaired) electrons. The molecule has 9 nitrogen and oxygen atoms in total. The van der Waals surface area contributed by atoms with E-state index in [4.69, 9.17) is 24.7 Å². The fourth-order valence-electron chi connectivity index (χ4n) is 9.05. The number of pyridine rings is 2. The van der Waals surface area contributed by atoms with E-state index >= 15 is 0 Å². The van der Waals surface area contributed by atoms with Crippen molar-refractivity contribution in [1.82, 2.24) is 29.5 Å². The monoisotopic (exact) mass is 1020 g/mol. The third-order valence-corrected chi connectivity index (χ3v) is 11.8. The number of benzene rings is 5. The molecule has 1 aliphatic heterocycles. The van der Waals surface area contributed by atoms with Crippen molar-refractivity contribution in [2.45, 2.75) is 67.7 Å². The molecule has 0 spiro atoms. The van der Waals surface area contributed by atoms with E-state index in [-0.39, 0.29) is 26.5 Å². The fourth-order valence-corrected chi connectivity index (χ4v) is 9.05. The number of ether oxygens (including phenoxy) is 1. The number of hydrogen-bond donors (Lipinski definition) is 0. The van der Waals surface area contributed by atoms with Crippen LogP contribution in [0.4, 0.5) is 23.0 Å². The van der Waals surface area contributed by atoms with Crippen LogP contribution < -0.4 is 14.5 Å². The summed E-state index contributed by atoms with van der Waals surface area (Å²) in [7, 11) is 0. The van der Waals surface area contributed by atoms with Gasteiger partial charge in [0.2, 0.25) is 5.95 Å². The molecule has 10 heteroatoms. The van der Waals surface area contributed by atoms with Crippen molar-refractivity contribution in [3.05, 3.63) is 173 Å². The minimum atomic E-state index is -0.0350. The Bertz CT molecular complexity index is 3150. The number of aromatic nitrogens is 6. The minimum absolute atomic E-state index is 0. The molecule has 0 unspecified atom stereocenters. The van der Waals surface area contributed by atoms with E-state index < -0.39 is 0 Å². The summed E-state index contributed by atoms with van der Waals surface area (Å²) in [5.41, 5.74) is 14.4. The number of fused-ring (bicyclic) bond motifs is 4. The molecule has 4 aromatic heterocycles. The van der Waals surface area contributed by atoms with Gasteiger partial charge in [-0.3, -0.25) is 4.98 Å². The van der Waals surface area contributed by atoms with Crippen LogP contribution in [0.2, 0.25) is 0 Å². The Labute approximate surface area is 389 Å². The Morgan fingerprint density at radius 3 is 1.94 bits per heavy atom. The van der Waals surface area contributed by atoms with Crippen LogP contribution in [0.3, 0.4) is 0 Å². The van der Waals surface area contributed by atoms with Crippen molar-refractivity contribution in [1.29, 1.82) is 0 Å². The summed E-state index contributed by atoms with van der Waals surface area (Å²) in [6, 6.07) is 40.5. The van der Waals surface area contributed by atoms with Crippen molar-refractivity contribution in [3.8, 4) is 40.1 Å². The van der Waals surface area contributed by atoms with Gasteiger partial charge >= 0.3 is 0 Å². The van der Waals surface area contributed by atoms with Gasteiger partial charge in [-0.15, -0.1) is 48.1 Å². The first-order valence-electron chi connectivity index (χ1n) is 21.2. The summed E-state index contributed by atoms with van der Waals surface area (Å²) < 4.78 is 8.77. The summed E-state index contributed by atoms with van der Waals surface area (Å²) in [5, 5.41) is 2.19. The van der Waals surface area contributed by atoms with Gasteiger partial charge in [0.25, 0.3) is 0 Å². The third-order valence-electron chi connectivity index (χ3n) is 11.8. The maximum absolute atomic E-state index is 6.60. The number of para-hydroxylation sites is 1. The van der Waals surface area contributed by atoms with Crippen LogP contribution in [0.15, 0.2) is 116 Å². The van der Waals surface area contributed by atoms with E-state index in [1.54, 1.807) is 6.20 Å². The zero-order chi connectivity index (χ0) is 43.7. The van der Waals surface area contributed by atoms with E-state index in [2.05, 4.69) is 156 Å². The van der Waals surface area contributed by atoms with Crippen molar-refractivity contribution >= 4 is 44.8 Å². The van der Waals surface area contributed by atoms with Crippen LogP contribution in [0, 0.1) is 60.3 Å². The molecule has 0 saturated heterocycles. The van der Waals surface area contributed by atoms with Gasteiger partial charge in [0.05, 0.1) is 11.9 Å². The number of rotatable bonds is 7.